The summed E-state index contributed by atoms with van der Waals surface area (Å²) in [5, 5.41) is 2.13. The van der Waals surface area contributed by atoms with Crippen molar-refractivity contribution in [2.75, 3.05) is 19.2 Å². The van der Waals surface area contributed by atoms with E-state index < -0.39 is 0 Å². The van der Waals surface area contributed by atoms with Gasteiger partial charge >= 0.3 is 0 Å². The summed E-state index contributed by atoms with van der Waals surface area (Å²) in [6.07, 6.45) is 0. The SMILES string of the molecule is COc1ccc(CN(N)c2ccccc2C(=O)c2ccc(Cl)cc2)cc1OC. The Morgan fingerprint density at radius 2 is 1.64 bits per heavy atom. The van der Waals surface area contributed by atoms with Crippen LogP contribution in [0.2, 0.25) is 5.02 Å². The molecule has 0 heterocycles. The third kappa shape index (κ3) is 4.27. The number of halogens is 1. The van der Waals surface area contributed by atoms with E-state index >= 15 is 0 Å². The van der Waals surface area contributed by atoms with E-state index in [1.807, 2.05) is 36.4 Å². The van der Waals surface area contributed by atoms with Crippen LogP contribution in [-0.4, -0.2) is 20.0 Å². The van der Waals surface area contributed by atoms with Crippen molar-refractivity contribution in [1.29, 1.82) is 0 Å². The molecular formula is C22H21ClN2O3. The van der Waals surface area contributed by atoms with Crippen molar-refractivity contribution in [2.45, 2.75) is 6.54 Å². The number of hydrogen-bond acceptors (Lipinski definition) is 5. The molecule has 0 atom stereocenters. The minimum atomic E-state index is -0.116. The van der Waals surface area contributed by atoms with Gasteiger partial charge in [-0.1, -0.05) is 29.8 Å². The molecule has 0 aliphatic carbocycles. The number of anilines is 1. The zero-order valence-corrected chi connectivity index (χ0v) is 16.4. The van der Waals surface area contributed by atoms with Crippen molar-refractivity contribution in [3.8, 4) is 11.5 Å². The van der Waals surface area contributed by atoms with Crippen molar-refractivity contribution in [1.82, 2.24) is 0 Å². The van der Waals surface area contributed by atoms with Gasteiger partial charge in [0, 0.05) is 16.1 Å². The maximum Gasteiger partial charge on any atom is 0.195 e. The first-order valence-electron chi connectivity index (χ1n) is 8.66. The van der Waals surface area contributed by atoms with Crippen LogP contribution in [-0.2, 0) is 6.54 Å². The van der Waals surface area contributed by atoms with Crippen LogP contribution in [0.3, 0.4) is 0 Å². The zero-order chi connectivity index (χ0) is 20.1. The van der Waals surface area contributed by atoms with E-state index in [0.29, 0.717) is 39.9 Å². The lowest BCUT2D eigenvalue weighted by atomic mass is 10.0. The monoisotopic (exact) mass is 396 g/mol. The molecule has 144 valence electrons. The molecule has 0 aromatic heterocycles. The minimum absolute atomic E-state index is 0.116. The highest BCUT2D eigenvalue weighted by Crippen LogP contribution is 2.29. The summed E-state index contributed by atoms with van der Waals surface area (Å²) in [4.78, 5) is 13.0. The van der Waals surface area contributed by atoms with Crippen LogP contribution in [0.1, 0.15) is 21.5 Å². The molecule has 0 spiro atoms. The van der Waals surface area contributed by atoms with Gasteiger partial charge in [0.25, 0.3) is 0 Å². The molecule has 6 heteroatoms. The Hall–Kier alpha value is -3.02. The molecule has 0 bridgehead atoms. The Morgan fingerprint density at radius 1 is 0.964 bits per heavy atom. The highest BCUT2D eigenvalue weighted by molar-refractivity contribution is 6.30. The van der Waals surface area contributed by atoms with Crippen LogP contribution < -0.4 is 20.3 Å². The summed E-state index contributed by atoms with van der Waals surface area (Å²) >= 11 is 5.92. The smallest absolute Gasteiger partial charge is 0.195 e. The van der Waals surface area contributed by atoms with E-state index in [0.717, 1.165) is 5.56 Å². The number of rotatable bonds is 7. The molecule has 3 aromatic rings. The second-order valence-electron chi connectivity index (χ2n) is 6.17. The molecule has 0 amide bonds. The predicted octanol–water partition coefficient (Wildman–Crippen LogP) is 4.47. The van der Waals surface area contributed by atoms with Crippen molar-refractivity contribution in [2.24, 2.45) is 5.84 Å². The number of benzene rings is 3. The molecule has 0 fully saturated rings. The molecule has 0 saturated carbocycles. The molecule has 0 saturated heterocycles. The maximum absolute atomic E-state index is 13.0. The van der Waals surface area contributed by atoms with Crippen LogP contribution in [0.25, 0.3) is 0 Å². The number of hydrogen-bond donors (Lipinski definition) is 1. The molecule has 5 nitrogen and oxygen atoms in total. The van der Waals surface area contributed by atoms with Gasteiger partial charge in [-0.05, 0) is 54.1 Å². The topological polar surface area (TPSA) is 64.8 Å². The molecule has 3 rings (SSSR count). The first kappa shape index (κ1) is 19.7. The van der Waals surface area contributed by atoms with Crippen LogP contribution in [0.4, 0.5) is 5.69 Å². The molecule has 0 aliphatic heterocycles. The highest BCUT2D eigenvalue weighted by Gasteiger charge is 2.17. The van der Waals surface area contributed by atoms with Crippen molar-refractivity contribution >= 4 is 23.1 Å². The van der Waals surface area contributed by atoms with E-state index in [-0.39, 0.29) is 5.78 Å². The van der Waals surface area contributed by atoms with Gasteiger partial charge in [-0.3, -0.25) is 4.79 Å². The van der Waals surface area contributed by atoms with Gasteiger partial charge in [-0.2, -0.15) is 0 Å². The third-order valence-electron chi connectivity index (χ3n) is 4.37. The summed E-state index contributed by atoms with van der Waals surface area (Å²) in [6.45, 7) is 0.394. The fourth-order valence-corrected chi connectivity index (χ4v) is 3.06. The first-order valence-corrected chi connectivity index (χ1v) is 9.03. The average Bonchev–Trinajstić information content (AvgIpc) is 2.73. The predicted molar refractivity (Wildman–Crippen MR) is 111 cm³/mol. The fourth-order valence-electron chi connectivity index (χ4n) is 2.93. The number of carbonyl (C=O) groups is 1. The first-order chi connectivity index (χ1) is 13.5. The van der Waals surface area contributed by atoms with Crippen molar-refractivity contribution < 1.29 is 14.3 Å². The number of ketones is 1. The van der Waals surface area contributed by atoms with Crippen molar-refractivity contribution in [3.63, 3.8) is 0 Å². The summed E-state index contributed by atoms with van der Waals surface area (Å²) in [7, 11) is 3.17. The van der Waals surface area contributed by atoms with Gasteiger partial charge in [0.1, 0.15) is 0 Å². The Kier molecular flexibility index (Phi) is 6.19. The number of ether oxygens (including phenoxy) is 2. The van der Waals surface area contributed by atoms with Gasteiger partial charge in [0.05, 0.1) is 26.5 Å². The lowest BCUT2D eigenvalue weighted by Gasteiger charge is -2.22. The second-order valence-corrected chi connectivity index (χ2v) is 6.61. The normalized spacial score (nSPS) is 10.4. The van der Waals surface area contributed by atoms with Crippen LogP contribution in [0, 0.1) is 0 Å². The molecular weight excluding hydrogens is 376 g/mol. The third-order valence-corrected chi connectivity index (χ3v) is 4.62. The Balaban J connectivity index is 1.88. The van der Waals surface area contributed by atoms with E-state index in [1.54, 1.807) is 49.6 Å². The summed E-state index contributed by atoms with van der Waals surface area (Å²) in [6, 6.07) is 19.7. The Labute approximate surface area is 169 Å². The second kappa shape index (κ2) is 8.78. The van der Waals surface area contributed by atoms with Gasteiger partial charge < -0.3 is 14.5 Å². The van der Waals surface area contributed by atoms with Crippen LogP contribution in [0.15, 0.2) is 66.7 Å². The van der Waals surface area contributed by atoms with Crippen LogP contribution in [0.5, 0.6) is 11.5 Å². The van der Waals surface area contributed by atoms with E-state index in [2.05, 4.69) is 0 Å². The Morgan fingerprint density at radius 3 is 2.32 bits per heavy atom. The number of methoxy groups -OCH3 is 2. The number of nitrogens with two attached hydrogens (primary N) is 1. The van der Waals surface area contributed by atoms with E-state index in [4.69, 9.17) is 26.9 Å². The van der Waals surface area contributed by atoms with Gasteiger partial charge in [0.2, 0.25) is 0 Å². The molecule has 0 unspecified atom stereocenters. The summed E-state index contributed by atoms with van der Waals surface area (Å²) in [5.74, 6) is 7.47. The minimum Gasteiger partial charge on any atom is -0.493 e. The maximum atomic E-state index is 13.0. The van der Waals surface area contributed by atoms with Gasteiger partial charge in [-0.15, -0.1) is 0 Å². The largest absolute Gasteiger partial charge is 0.493 e. The fraction of sp³-hybridized carbons (Fsp3) is 0.136. The van der Waals surface area contributed by atoms with Crippen LogP contribution >= 0.6 is 11.6 Å². The number of nitrogens with zero attached hydrogens (tertiary/aromatic N) is 1. The van der Waals surface area contributed by atoms with Crippen molar-refractivity contribution in [3.05, 3.63) is 88.4 Å². The zero-order valence-electron chi connectivity index (χ0n) is 15.7. The molecule has 3 aromatic carbocycles. The molecule has 0 aliphatic rings. The number of carbonyl (C=O) groups excluding carboxylic acids is 1. The average molecular weight is 397 g/mol. The molecule has 0 radical (unpaired) electrons. The lowest BCUT2D eigenvalue weighted by Crippen LogP contribution is -2.31. The molecule has 28 heavy (non-hydrogen) atoms. The number of hydrazine groups is 1. The summed E-state index contributed by atoms with van der Waals surface area (Å²) in [5.41, 5.74) is 2.63. The lowest BCUT2D eigenvalue weighted by molar-refractivity contribution is 0.103. The number of para-hydroxylation sites is 1. The molecule has 2 N–H and O–H groups in total. The van der Waals surface area contributed by atoms with E-state index in [1.165, 1.54) is 0 Å². The van der Waals surface area contributed by atoms with E-state index in [9.17, 15) is 4.79 Å². The quantitative estimate of drug-likeness (QED) is 0.362. The van der Waals surface area contributed by atoms with Gasteiger partial charge in [-0.25, -0.2) is 5.84 Å². The summed E-state index contributed by atoms with van der Waals surface area (Å²) < 4.78 is 10.6. The standard InChI is InChI=1S/C22H21ClN2O3/c1-27-20-12-7-15(13-21(20)28-2)14-25(24)19-6-4-3-5-18(19)22(26)16-8-10-17(23)11-9-16/h3-13H,14,24H2,1-2H3. The van der Waals surface area contributed by atoms with Gasteiger partial charge in [0.15, 0.2) is 17.3 Å². The highest BCUT2D eigenvalue weighted by atomic mass is 35.5. The Bertz CT molecular complexity index is 974.